The van der Waals surface area contributed by atoms with Crippen LogP contribution in [0.4, 0.5) is 23.2 Å². The molecule has 0 fully saturated rings. The predicted octanol–water partition coefficient (Wildman–Crippen LogP) is 4.01. The quantitative estimate of drug-likeness (QED) is 0.659. The Kier molecular flexibility index (Phi) is 4.67. The van der Waals surface area contributed by atoms with Crippen LogP contribution in [0.2, 0.25) is 0 Å². The van der Waals surface area contributed by atoms with Gasteiger partial charge < -0.3 is 10.1 Å². The number of carbonyl (C=O) groups excluding carboxylic acids is 2. The molecule has 8 heteroatoms. The minimum absolute atomic E-state index is 0.148. The number of ether oxygens (including phenoxy) is 1. The topological polar surface area (TPSA) is 55.4 Å². The van der Waals surface area contributed by atoms with Crippen molar-refractivity contribution in [2.24, 2.45) is 0 Å². The van der Waals surface area contributed by atoms with E-state index in [4.69, 9.17) is 4.74 Å². The highest BCUT2D eigenvalue weighted by Crippen LogP contribution is 2.34. The summed E-state index contributed by atoms with van der Waals surface area (Å²) >= 11 is 0. The van der Waals surface area contributed by atoms with Crippen LogP contribution in [0.3, 0.4) is 0 Å². The van der Waals surface area contributed by atoms with E-state index >= 15 is 0 Å². The molecule has 2 aromatic carbocycles. The molecule has 1 aliphatic heterocycles. The Morgan fingerprint density at radius 1 is 1.15 bits per heavy atom. The minimum Gasteiger partial charge on any atom is -0.460 e. The number of fused-ring (bicyclic) bond motifs is 1. The van der Waals surface area contributed by atoms with Crippen molar-refractivity contribution in [1.29, 1.82) is 0 Å². The van der Waals surface area contributed by atoms with Gasteiger partial charge in [0, 0.05) is 12.1 Å². The van der Waals surface area contributed by atoms with Crippen molar-refractivity contribution in [3.05, 3.63) is 65.0 Å². The smallest absolute Gasteiger partial charge is 0.416 e. The number of esters is 1. The van der Waals surface area contributed by atoms with Gasteiger partial charge >= 0.3 is 12.1 Å². The molecule has 1 heterocycles. The molecule has 0 spiro atoms. The number of nitrogens with one attached hydrogen (secondary N) is 1. The Bertz CT molecular complexity index is 847. The summed E-state index contributed by atoms with van der Waals surface area (Å²) in [6, 6.07) is 7.91. The largest absolute Gasteiger partial charge is 0.460 e. The monoisotopic (exact) mass is 367 g/mol. The number of hydrogen-bond acceptors (Lipinski definition) is 3. The van der Waals surface area contributed by atoms with Crippen molar-refractivity contribution in [2.75, 3.05) is 5.32 Å². The molecule has 0 bridgehead atoms. The number of amides is 1. The number of rotatable bonds is 3. The van der Waals surface area contributed by atoms with E-state index in [0.717, 1.165) is 18.2 Å². The molecule has 26 heavy (non-hydrogen) atoms. The highest BCUT2D eigenvalue weighted by atomic mass is 19.4. The lowest BCUT2D eigenvalue weighted by atomic mass is 9.90. The third-order valence-electron chi connectivity index (χ3n) is 4.00. The number of halogens is 4. The lowest BCUT2D eigenvalue weighted by molar-refractivity contribution is -0.148. The van der Waals surface area contributed by atoms with Crippen LogP contribution in [0.15, 0.2) is 42.5 Å². The average Bonchev–Trinajstić information content (AvgIpc) is 2.58. The Morgan fingerprint density at radius 2 is 1.85 bits per heavy atom. The van der Waals surface area contributed by atoms with Gasteiger partial charge in [0.05, 0.1) is 11.5 Å². The van der Waals surface area contributed by atoms with Crippen LogP contribution in [0.25, 0.3) is 0 Å². The Labute approximate surface area is 145 Å². The van der Waals surface area contributed by atoms with Crippen molar-refractivity contribution >= 4 is 17.6 Å². The summed E-state index contributed by atoms with van der Waals surface area (Å²) in [5.74, 6) is -2.59. The molecule has 2 aromatic rings. The van der Waals surface area contributed by atoms with E-state index in [0.29, 0.717) is 11.1 Å². The van der Waals surface area contributed by atoms with E-state index in [-0.39, 0.29) is 18.7 Å². The molecule has 0 radical (unpaired) electrons. The molecule has 1 aliphatic rings. The van der Waals surface area contributed by atoms with Crippen molar-refractivity contribution in [3.8, 4) is 0 Å². The number of benzene rings is 2. The molecule has 4 nitrogen and oxygen atoms in total. The summed E-state index contributed by atoms with van der Waals surface area (Å²) in [5.41, 5.74) is 0.222. The minimum atomic E-state index is -4.44. The van der Waals surface area contributed by atoms with Crippen LogP contribution < -0.4 is 5.32 Å². The standard InChI is InChI=1S/C18H13F4NO3/c19-12-5-6-13-14(8-16(24)23-15(13)7-12)17(25)26-9-10-1-3-11(4-2-10)18(20,21)22/h1-7,14H,8-9H2,(H,23,24). The molecule has 0 saturated heterocycles. The molecule has 1 atom stereocenters. The first-order chi connectivity index (χ1) is 12.2. The van der Waals surface area contributed by atoms with Gasteiger partial charge in [-0.1, -0.05) is 18.2 Å². The highest BCUT2D eigenvalue weighted by Gasteiger charge is 2.32. The van der Waals surface area contributed by atoms with Gasteiger partial charge in [0.25, 0.3) is 0 Å². The van der Waals surface area contributed by atoms with E-state index in [2.05, 4.69) is 5.32 Å². The van der Waals surface area contributed by atoms with Crippen LogP contribution in [0.5, 0.6) is 0 Å². The van der Waals surface area contributed by atoms with Crippen molar-refractivity contribution in [1.82, 2.24) is 0 Å². The summed E-state index contributed by atoms with van der Waals surface area (Å²) in [6.07, 6.45) is -4.59. The fourth-order valence-electron chi connectivity index (χ4n) is 2.69. The fraction of sp³-hybridized carbons (Fsp3) is 0.222. The Balaban J connectivity index is 1.70. The molecule has 1 unspecified atom stereocenters. The zero-order chi connectivity index (χ0) is 18.9. The molecule has 0 aliphatic carbocycles. The van der Waals surface area contributed by atoms with E-state index in [1.54, 1.807) is 0 Å². The van der Waals surface area contributed by atoms with Gasteiger partial charge in [-0.2, -0.15) is 13.2 Å². The molecule has 1 amide bonds. The van der Waals surface area contributed by atoms with Crippen LogP contribution in [0, 0.1) is 5.82 Å². The van der Waals surface area contributed by atoms with Crippen LogP contribution in [-0.4, -0.2) is 11.9 Å². The molecule has 3 rings (SSSR count). The number of hydrogen-bond donors (Lipinski definition) is 1. The number of carbonyl (C=O) groups is 2. The Morgan fingerprint density at radius 3 is 2.50 bits per heavy atom. The molecule has 0 saturated carbocycles. The van der Waals surface area contributed by atoms with E-state index < -0.39 is 35.4 Å². The normalized spacial score (nSPS) is 16.6. The van der Waals surface area contributed by atoms with Crippen LogP contribution >= 0.6 is 0 Å². The van der Waals surface area contributed by atoms with Gasteiger partial charge in [-0.25, -0.2) is 4.39 Å². The zero-order valence-electron chi connectivity index (χ0n) is 13.3. The zero-order valence-corrected chi connectivity index (χ0v) is 13.3. The summed E-state index contributed by atoms with van der Waals surface area (Å²) in [6.45, 7) is -0.231. The van der Waals surface area contributed by atoms with Crippen molar-refractivity contribution < 1.29 is 31.9 Å². The first-order valence-corrected chi connectivity index (χ1v) is 7.66. The fourth-order valence-corrected chi connectivity index (χ4v) is 2.69. The molecule has 136 valence electrons. The summed E-state index contributed by atoms with van der Waals surface area (Å²) in [7, 11) is 0. The van der Waals surface area contributed by atoms with Crippen molar-refractivity contribution in [2.45, 2.75) is 25.1 Å². The number of alkyl halides is 3. The van der Waals surface area contributed by atoms with E-state index in [9.17, 15) is 27.2 Å². The molecular formula is C18H13F4NO3. The number of anilines is 1. The summed E-state index contributed by atoms with van der Waals surface area (Å²) in [4.78, 5) is 24.0. The predicted molar refractivity (Wildman–Crippen MR) is 83.6 cm³/mol. The second-order valence-electron chi connectivity index (χ2n) is 5.84. The second kappa shape index (κ2) is 6.78. The van der Waals surface area contributed by atoms with Crippen LogP contribution in [0.1, 0.15) is 29.0 Å². The first-order valence-electron chi connectivity index (χ1n) is 7.66. The molecule has 0 aromatic heterocycles. The van der Waals surface area contributed by atoms with Crippen LogP contribution in [-0.2, 0) is 27.1 Å². The maximum absolute atomic E-state index is 13.3. The summed E-state index contributed by atoms with van der Waals surface area (Å²) in [5, 5.41) is 2.49. The maximum atomic E-state index is 13.3. The lowest BCUT2D eigenvalue weighted by Gasteiger charge is -2.24. The second-order valence-corrected chi connectivity index (χ2v) is 5.84. The van der Waals surface area contributed by atoms with Gasteiger partial charge in [0.1, 0.15) is 12.4 Å². The lowest BCUT2D eigenvalue weighted by Crippen LogP contribution is -2.28. The third kappa shape index (κ3) is 3.84. The maximum Gasteiger partial charge on any atom is 0.416 e. The van der Waals surface area contributed by atoms with Gasteiger partial charge in [-0.15, -0.1) is 0 Å². The van der Waals surface area contributed by atoms with Gasteiger partial charge in [0.2, 0.25) is 5.91 Å². The van der Waals surface area contributed by atoms with E-state index in [1.165, 1.54) is 24.3 Å². The highest BCUT2D eigenvalue weighted by molar-refractivity contribution is 5.99. The molecule has 1 N–H and O–H groups in total. The van der Waals surface area contributed by atoms with Crippen molar-refractivity contribution in [3.63, 3.8) is 0 Å². The first kappa shape index (κ1) is 17.9. The van der Waals surface area contributed by atoms with Gasteiger partial charge in [-0.3, -0.25) is 9.59 Å². The van der Waals surface area contributed by atoms with Gasteiger partial charge in [0.15, 0.2) is 0 Å². The van der Waals surface area contributed by atoms with E-state index in [1.807, 2.05) is 0 Å². The Hall–Kier alpha value is -2.90. The average molecular weight is 367 g/mol. The third-order valence-corrected chi connectivity index (χ3v) is 4.00. The summed E-state index contributed by atoms with van der Waals surface area (Å²) < 4.78 is 56.0. The SMILES string of the molecule is O=C1CC(C(=O)OCc2ccc(C(F)(F)F)cc2)c2ccc(F)cc2N1. The molecular weight excluding hydrogens is 354 g/mol. The van der Waals surface area contributed by atoms with Gasteiger partial charge in [-0.05, 0) is 35.4 Å².